The molecule has 4 aliphatic heterocycles. The molecule has 0 saturated carbocycles. The second-order valence-electron chi connectivity index (χ2n) is 7.92. The van der Waals surface area contributed by atoms with E-state index in [1.54, 1.807) is 0 Å². The normalized spacial score (nSPS) is 56.2. The lowest BCUT2D eigenvalue weighted by Gasteiger charge is -2.50. The van der Waals surface area contributed by atoms with Crippen molar-refractivity contribution in [2.24, 2.45) is 11.8 Å². The van der Waals surface area contributed by atoms with E-state index in [0.29, 0.717) is 13.2 Å². The van der Waals surface area contributed by atoms with Gasteiger partial charge in [-0.2, -0.15) is 0 Å². The summed E-state index contributed by atoms with van der Waals surface area (Å²) in [7, 11) is 0. The van der Waals surface area contributed by atoms with Gasteiger partial charge in [0.15, 0.2) is 25.2 Å². The van der Waals surface area contributed by atoms with Gasteiger partial charge in [-0.05, 0) is 13.8 Å². The van der Waals surface area contributed by atoms with E-state index in [9.17, 15) is 10.2 Å². The van der Waals surface area contributed by atoms with Crippen LogP contribution in [0.4, 0.5) is 0 Å². The average molecular weight is 390 g/mol. The zero-order valence-corrected chi connectivity index (χ0v) is 16.1. The average Bonchev–Trinajstić information content (AvgIpc) is 2.64. The monoisotopic (exact) mass is 390 g/mol. The van der Waals surface area contributed by atoms with E-state index >= 15 is 0 Å². The minimum atomic E-state index is -1.16. The lowest BCUT2D eigenvalue weighted by molar-refractivity contribution is -0.388. The molecule has 0 aromatic rings. The third kappa shape index (κ3) is 3.77. The Morgan fingerprint density at radius 2 is 1.30 bits per heavy atom. The Balaban J connectivity index is 1.44. The Morgan fingerprint density at radius 1 is 0.741 bits per heavy atom. The standard InChI is InChI=1S/C18H30O9/c1-7-13(19)18(26-12-6-22-9(3)23-14(7)12)27-16-8(2)15-11(25-17(16)20)5-21-10(4)24-15/h7-20H,5-6H2,1-4H3/t7-,8+,9?,10?,11?,12?,13?,14-,15-,16?,17?,18+/m1/s1. The third-order valence-electron chi connectivity index (χ3n) is 5.99. The molecule has 0 aromatic carbocycles. The van der Waals surface area contributed by atoms with Crippen LogP contribution < -0.4 is 0 Å². The zero-order valence-electron chi connectivity index (χ0n) is 16.1. The molecule has 4 heterocycles. The topological polar surface area (TPSA) is 105 Å². The third-order valence-corrected chi connectivity index (χ3v) is 5.99. The van der Waals surface area contributed by atoms with Crippen LogP contribution in [0.3, 0.4) is 0 Å². The maximum Gasteiger partial charge on any atom is 0.184 e. The predicted octanol–water partition coefficient (Wildman–Crippen LogP) is -0.0304. The van der Waals surface area contributed by atoms with Gasteiger partial charge in [0.1, 0.15) is 24.4 Å². The first-order chi connectivity index (χ1) is 12.8. The van der Waals surface area contributed by atoms with Gasteiger partial charge in [0.05, 0.1) is 25.4 Å². The van der Waals surface area contributed by atoms with E-state index in [4.69, 9.17) is 33.2 Å². The van der Waals surface area contributed by atoms with Crippen molar-refractivity contribution in [3.63, 3.8) is 0 Å². The number of hydrogen-bond donors (Lipinski definition) is 2. The second kappa shape index (κ2) is 7.81. The number of fused-ring (bicyclic) bond motifs is 2. The Bertz CT molecular complexity index is 517. The molecule has 0 radical (unpaired) electrons. The minimum Gasteiger partial charge on any atom is -0.387 e. The molecule has 0 spiro atoms. The number of ether oxygens (including phenoxy) is 7. The summed E-state index contributed by atoms with van der Waals surface area (Å²) in [5.74, 6) is -0.378. The molecule has 0 amide bonds. The molecule has 0 aromatic heterocycles. The number of rotatable bonds is 2. The van der Waals surface area contributed by atoms with Gasteiger partial charge < -0.3 is 43.4 Å². The lowest BCUT2D eigenvalue weighted by Crippen LogP contribution is -2.63. The summed E-state index contributed by atoms with van der Waals surface area (Å²) in [5, 5.41) is 21.1. The van der Waals surface area contributed by atoms with Crippen molar-refractivity contribution in [1.29, 1.82) is 0 Å². The maximum absolute atomic E-state index is 10.7. The highest BCUT2D eigenvalue weighted by atomic mass is 16.8. The summed E-state index contributed by atoms with van der Waals surface area (Å²) < 4.78 is 40.1. The molecule has 27 heavy (non-hydrogen) atoms. The van der Waals surface area contributed by atoms with E-state index in [0.717, 1.165) is 0 Å². The van der Waals surface area contributed by atoms with Gasteiger partial charge in [-0.15, -0.1) is 0 Å². The molecule has 4 rings (SSSR count). The van der Waals surface area contributed by atoms with E-state index in [1.807, 2.05) is 27.7 Å². The smallest absolute Gasteiger partial charge is 0.184 e. The van der Waals surface area contributed by atoms with Crippen molar-refractivity contribution < 1.29 is 43.4 Å². The van der Waals surface area contributed by atoms with Crippen molar-refractivity contribution in [2.45, 2.75) is 89.5 Å². The van der Waals surface area contributed by atoms with Gasteiger partial charge in [-0.25, -0.2) is 0 Å². The molecular formula is C18H30O9. The number of aliphatic hydroxyl groups is 2. The lowest BCUT2D eigenvalue weighted by atomic mass is 9.88. The fraction of sp³-hybridized carbons (Fsp3) is 1.00. The van der Waals surface area contributed by atoms with Crippen LogP contribution in [0, 0.1) is 11.8 Å². The molecule has 4 aliphatic rings. The van der Waals surface area contributed by atoms with Crippen LogP contribution in [0.5, 0.6) is 0 Å². The number of aliphatic hydroxyl groups excluding tert-OH is 2. The van der Waals surface area contributed by atoms with Gasteiger partial charge in [-0.3, -0.25) is 0 Å². The summed E-state index contributed by atoms with van der Waals surface area (Å²) in [6, 6.07) is 0. The van der Waals surface area contributed by atoms with Gasteiger partial charge >= 0.3 is 0 Å². The first-order valence-electron chi connectivity index (χ1n) is 9.71. The summed E-state index contributed by atoms with van der Waals surface area (Å²) in [6.45, 7) is 8.20. The van der Waals surface area contributed by atoms with Gasteiger partial charge in [-0.1, -0.05) is 13.8 Å². The first-order valence-corrected chi connectivity index (χ1v) is 9.71. The first kappa shape index (κ1) is 19.9. The highest BCUT2D eigenvalue weighted by molar-refractivity contribution is 4.93. The van der Waals surface area contributed by atoms with E-state index in [-0.39, 0.29) is 48.8 Å². The molecular weight excluding hydrogens is 360 g/mol. The molecule has 9 nitrogen and oxygen atoms in total. The van der Waals surface area contributed by atoms with Gasteiger partial charge in [0.2, 0.25) is 0 Å². The van der Waals surface area contributed by atoms with Crippen molar-refractivity contribution in [1.82, 2.24) is 0 Å². The SMILES string of the molecule is CC1OCC2OC(O)C(O[C@@H]3OC4COC(C)O[C@@H]4[C@H](C)C3O)[C@@H](C)[C@H]2O1. The highest BCUT2D eigenvalue weighted by Gasteiger charge is 2.52. The quantitative estimate of drug-likeness (QED) is 0.672. The second-order valence-corrected chi connectivity index (χ2v) is 7.92. The summed E-state index contributed by atoms with van der Waals surface area (Å²) in [6.07, 6.45) is -5.59. The van der Waals surface area contributed by atoms with Crippen LogP contribution in [0.2, 0.25) is 0 Å². The Kier molecular flexibility index (Phi) is 5.77. The predicted molar refractivity (Wildman–Crippen MR) is 89.3 cm³/mol. The molecule has 4 saturated heterocycles. The molecule has 9 heteroatoms. The Morgan fingerprint density at radius 3 is 1.93 bits per heavy atom. The fourth-order valence-electron chi connectivity index (χ4n) is 4.36. The van der Waals surface area contributed by atoms with Crippen LogP contribution in [-0.2, 0) is 33.2 Å². The molecule has 0 aliphatic carbocycles. The van der Waals surface area contributed by atoms with Crippen molar-refractivity contribution in [2.75, 3.05) is 13.2 Å². The Labute approximate surface area is 158 Å². The van der Waals surface area contributed by atoms with Gasteiger partial charge in [0, 0.05) is 11.8 Å². The molecule has 12 atom stereocenters. The molecule has 156 valence electrons. The van der Waals surface area contributed by atoms with Crippen LogP contribution >= 0.6 is 0 Å². The van der Waals surface area contributed by atoms with Crippen molar-refractivity contribution >= 4 is 0 Å². The molecule has 7 unspecified atom stereocenters. The van der Waals surface area contributed by atoms with Crippen molar-refractivity contribution in [3.8, 4) is 0 Å². The molecule has 2 N–H and O–H groups in total. The van der Waals surface area contributed by atoms with E-state index < -0.39 is 24.8 Å². The highest BCUT2D eigenvalue weighted by Crippen LogP contribution is 2.37. The van der Waals surface area contributed by atoms with Crippen molar-refractivity contribution in [3.05, 3.63) is 0 Å². The molecule has 4 fully saturated rings. The molecule has 0 bridgehead atoms. The fourth-order valence-corrected chi connectivity index (χ4v) is 4.36. The van der Waals surface area contributed by atoms with Crippen LogP contribution in [0.1, 0.15) is 27.7 Å². The van der Waals surface area contributed by atoms with E-state index in [2.05, 4.69) is 0 Å². The van der Waals surface area contributed by atoms with Crippen LogP contribution in [0.25, 0.3) is 0 Å². The van der Waals surface area contributed by atoms with E-state index in [1.165, 1.54) is 0 Å². The Hall–Kier alpha value is -0.360. The van der Waals surface area contributed by atoms with Crippen LogP contribution in [0.15, 0.2) is 0 Å². The zero-order chi connectivity index (χ0) is 19.3. The minimum absolute atomic E-state index is 0.173. The summed E-state index contributed by atoms with van der Waals surface area (Å²) >= 11 is 0. The summed E-state index contributed by atoms with van der Waals surface area (Å²) in [5.41, 5.74) is 0. The largest absolute Gasteiger partial charge is 0.387 e. The van der Waals surface area contributed by atoms with Crippen LogP contribution in [-0.4, -0.2) is 85.2 Å². The maximum atomic E-state index is 10.7. The summed E-state index contributed by atoms with van der Waals surface area (Å²) in [4.78, 5) is 0. The number of hydrogen-bond acceptors (Lipinski definition) is 9. The van der Waals surface area contributed by atoms with Gasteiger partial charge in [0.25, 0.3) is 0 Å².